The molecule has 6 heterocycles. The number of carbonyl (C=O) groups excluding carboxylic acids is 3. The van der Waals surface area contributed by atoms with E-state index in [0.29, 0.717) is 11.8 Å². The van der Waals surface area contributed by atoms with Crippen LogP contribution >= 0.6 is 34.0 Å². The van der Waals surface area contributed by atoms with Gasteiger partial charge in [-0.25, -0.2) is 0 Å². The molecule has 3 N–H and O–H groups in total. The Labute approximate surface area is 947 Å². The summed E-state index contributed by atoms with van der Waals surface area (Å²) < 4.78 is 7.90. The van der Waals surface area contributed by atoms with Gasteiger partial charge in [0.1, 0.15) is 0 Å². The van der Waals surface area contributed by atoms with Gasteiger partial charge in [0.2, 0.25) is 0 Å². The molecule has 16 rings (SSSR count). The number of allylic oxidation sites excluding steroid dienone is 6. The fraction of sp³-hybridized carbons (Fsp3) is 0.463. The van der Waals surface area contributed by atoms with Crippen molar-refractivity contribution in [1.29, 1.82) is 0 Å². The van der Waals surface area contributed by atoms with Crippen molar-refractivity contribution in [1.82, 2.24) is 15.0 Å². The van der Waals surface area contributed by atoms with Crippen molar-refractivity contribution < 1.29 is 90.0 Å². The molecule has 6 aromatic heterocycles. The molecule has 3 radical (unpaired) electrons. The van der Waals surface area contributed by atoms with Crippen LogP contribution in [-0.2, 0) is 104 Å². The number of fused-ring (bicyclic) bond motifs is 12. The van der Waals surface area contributed by atoms with E-state index in [1.165, 1.54) is 177 Å². The molecule has 1 saturated carbocycles. The molecule has 0 bridgehead atoms. The van der Waals surface area contributed by atoms with Crippen LogP contribution in [-0.4, -0.2) is 47.6 Å². The van der Waals surface area contributed by atoms with Gasteiger partial charge in [-0.15, -0.1) is 121 Å². The van der Waals surface area contributed by atoms with Gasteiger partial charge in [-0.05, 0) is 261 Å². The van der Waals surface area contributed by atoms with E-state index in [4.69, 9.17) is 15.0 Å². The van der Waals surface area contributed by atoms with E-state index >= 15 is 0 Å². The van der Waals surface area contributed by atoms with Gasteiger partial charge in [0.25, 0.3) is 0 Å². The first-order chi connectivity index (χ1) is 70.3. The molecule has 15 aromatic rings. The molecule has 1 aliphatic carbocycles. The van der Waals surface area contributed by atoms with Gasteiger partial charge >= 0.3 is 0 Å². The number of ketones is 3. The minimum Gasteiger partial charge on any atom is -0.512 e. The Bertz CT molecular complexity index is 6720. The van der Waals surface area contributed by atoms with Crippen molar-refractivity contribution >= 4 is 144 Å². The maximum Gasteiger partial charge on any atom is 0.162 e. The summed E-state index contributed by atoms with van der Waals surface area (Å²) in [6.07, 6.45) is 36.3. The molecule has 0 unspecified atom stereocenters. The van der Waals surface area contributed by atoms with Gasteiger partial charge in [0.15, 0.2) is 17.3 Å². The predicted molar refractivity (Wildman–Crippen MR) is 635 cm³/mol. The second-order valence-electron chi connectivity index (χ2n) is 42.6. The average Bonchev–Trinajstić information content (AvgIpc) is 1.67. The molecule has 9 aromatic carbocycles. The molecule has 805 valence electrons. The molecule has 0 saturated heterocycles. The average molecular weight is 2590 g/mol. The number of carbonyl (C=O) groups is 3. The fourth-order valence-corrected chi connectivity index (χ4v) is 25.2. The van der Waals surface area contributed by atoms with Crippen LogP contribution in [0.15, 0.2) is 218 Å². The molecular formula is C134H170Ir3N3O6S3-3. The third kappa shape index (κ3) is 30.6. The van der Waals surface area contributed by atoms with E-state index < -0.39 is 0 Å². The van der Waals surface area contributed by atoms with E-state index in [0.717, 1.165) is 168 Å². The molecule has 9 nitrogen and oxygen atoms in total. The summed E-state index contributed by atoms with van der Waals surface area (Å²) in [4.78, 5) is 49.9. The minimum atomic E-state index is 0. The normalized spacial score (nSPS) is 12.9. The monoisotopic (exact) mass is 2590 g/mol. The van der Waals surface area contributed by atoms with E-state index in [9.17, 15) is 29.7 Å². The maximum atomic E-state index is 11.7. The summed E-state index contributed by atoms with van der Waals surface area (Å²) in [6, 6.07) is 72.2. The zero-order valence-corrected chi connectivity index (χ0v) is 104. The van der Waals surface area contributed by atoms with Gasteiger partial charge < -0.3 is 15.3 Å². The molecule has 0 atom stereocenters. The first kappa shape index (κ1) is 126. The largest absolute Gasteiger partial charge is 0.512 e. The molecule has 0 aliphatic heterocycles. The van der Waals surface area contributed by atoms with Crippen molar-refractivity contribution in [3.8, 4) is 33.8 Å². The van der Waals surface area contributed by atoms with Crippen LogP contribution < -0.4 is 0 Å². The standard InChI is InChI=1S/C33H34NS.2C31H32NS.3C13H24O2.3Ir/c1-4-33(3,5-2)29-20-25(19-24-13-9-10-14-26(24)29)31-32-28(17-18-34-31)27-16-15-23(21-30(27)35-32)22-11-7-6-8-12-22;1-6-31(5,7-2)27-19-23(18-22-10-8-9-11-24(22)27)29-30-25(14-15-32-29)26-17-21(16-20(3)4)12-13-28(26)33-30;1-6-31(5,7-2)27-19-23(18-22-10-8-9-11-24(22)27)29-30-26(14-15-32-29)25-13-12-21(16-20(3)4)17-28(25)33-30;3*1-5-10(6-2)12(14)9-13(15)11(7-3)8-4;;;/h9-10,13-18,20-22H,4-8,11-12H2,1-3H3;2*8-15,17,19-20H,6-7,16H2,1-5H3;3*9-11,14H,5-8H2,1-4H3;;;/q3*-1;;;;;;. The number of hydrogen-bond acceptors (Lipinski definition) is 12. The van der Waals surface area contributed by atoms with Gasteiger partial charge in [-0.1, -0.05) is 310 Å². The Morgan fingerprint density at radius 1 is 0.329 bits per heavy atom. The number of aromatic nitrogens is 3. The van der Waals surface area contributed by atoms with Crippen LogP contribution in [0.1, 0.15) is 360 Å². The van der Waals surface area contributed by atoms with Crippen LogP contribution in [0.25, 0.3) is 127 Å². The summed E-state index contributed by atoms with van der Waals surface area (Å²) in [5, 5.41) is 44.7. The van der Waals surface area contributed by atoms with Crippen molar-refractivity contribution in [2.75, 3.05) is 0 Å². The molecule has 149 heavy (non-hydrogen) atoms. The first-order valence-electron chi connectivity index (χ1n) is 55.9. The van der Waals surface area contributed by atoms with E-state index in [1.807, 2.05) is 136 Å². The minimum absolute atomic E-state index is 0. The molecule has 15 heteroatoms. The van der Waals surface area contributed by atoms with E-state index in [1.54, 1.807) is 0 Å². The summed E-state index contributed by atoms with van der Waals surface area (Å²) in [5.41, 5.74) is 15.5. The Balaban J connectivity index is 0.000000226. The molecule has 0 spiro atoms. The topological polar surface area (TPSA) is 151 Å². The van der Waals surface area contributed by atoms with Crippen molar-refractivity contribution in [2.24, 2.45) is 47.3 Å². The summed E-state index contributed by atoms with van der Waals surface area (Å²) in [6.45, 7) is 54.3. The van der Waals surface area contributed by atoms with Gasteiger partial charge in [0, 0.05) is 183 Å². The zero-order chi connectivity index (χ0) is 106. The SMILES string of the molecule is CCC(C)(CC)c1cc(-c2nccc3c2sc2cc(C4CCCCC4)ccc23)[c-]c2ccccc12.CCC(C)(CC)c1cc(-c2nccc3c2sc2cc(CC(C)C)ccc23)[c-]c2ccccc12.CCC(C)(CC)c1cc(-c2nccc3c2sc2ccc(CC(C)C)cc23)[c-]c2ccccc12.CCC(CC)C(=O)C=C(O)C(CC)CC.CCC(CC)C(=O)C=C(O)C(CC)CC.CCC(CC)C(=O)C=C(O)C(CC)CC.[Ir].[Ir].[Ir]. The Morgan fingerprint density at radius 3 is 0.933 bits per heavy atom. The Morgan fingerprint density at radius 2 is 0.617 bits per heavy atom. The first-order valence-corrected chi connectivity index (χ1v) is 58.3. The third-order valence-corrected chi connectivity index (χ3v) is 36.2. The molecule has 1 aliphatic rings. The maximum absolute atomic E-state index is 11.7. The number of aliphatic hydroxyl groups excluding tert-OH is 3. The molecular weight excluding hydrogens is 2420 g/mol. The summed E-state index contributed by atoms with van der Waals surface area (Å²) in [7, 11) is 0. The van der Waals surface area contributed by atoms with Crippen molar-refractivity contribution in [2.45, 2.75) is 356 Å². The predicted octanol–water partition coefficient (Wildman–Crippen LogP) is 40.5. The number of hydrogen-bond donors (Lipinski definition) is 3. The Hall–Kier alpha value is -8.55. The van der Waals surface area contributed by atoms with Crippen LogP contribution in [0.2, 0.25) is 0 Å². The van der Waals surface area contributed by atoms with Crippen LogP contribution in [0, 0.1) is 65.5 Å². The van der Waals surface area contributed by atoms with Gasteiger partial charge in [0.05, 0.1) is 17.3 Å². The van der Waals surface area contributed by atoms with Gasteiger partial charge in [-0.2, -0.15) is 0 Å². The number of pyridine rings is 3. The second kappa shape index (κ2) is 59.8. The number of aliphatic hydroxyl groups is 3. The van der Waals surface area contributed by atoms with E-state index in [-0.39, 0.29) is 147 Å². The molecule has 1 fully saturated rings. The van der Waals surface area contributed by atoms with Crippen molar-refractivity contribution in [3.63, 3.8) is 0 Å². The second-order valence-corrected chi connectivity index (χ2v) is 45.7. The van der Waals surface area contributed by atoms with E-state index in [2.05, 4.69) is 272 Å². The van der Waals surface area contributed by atoms with Crippen molar-refractivity contribution in [3.05, 3.63) is 269 Å². The van der Waals surface area contributed by atoms with Crippen LogP contribution in [0.3, 0.4) is 0 Å². The summed E-state index contributed by atoms with van der Waals surface area (Å²) >= 11 is 5.64. The number of benzene rings is 9. The smallest absolute Gasteiger partial charge is 0.162 e. The zero-order valence-electron chi connectivity index (χ0n) is 94.1. The molecule has 0 amide bonds. The number of thiophene rings is 3. The number of rotatable bonds is 38. The Kier molecular flexibility index (Phi) is 50.4. The third-order valence-electron chi connectivity index (χ3n) is 32.7. The number of nitrogens with zero attached hydrogens (tertiary/aromatic N) is 3. The van der Waals surface area contributed by atoms with Crippen LogP contribution in [0.5, 0.6) is 0 Å². The summed E-state index contributed by atoms with van der Waals surface area (Å²) in [5.74, 6) is 3.68. The van der Waals surface area contributed by atoms with Crippen LogP contribution in [0.4, 0.5) is 0 Å². The fourth-order valence-electron chi connectivity index (χ4n) is 21.5. The van der Waals surface area contributed by atoms with Gasteiger partial charge in [-0.3, -0.25) is 29.3 Å². The quantitative estimate of drug-likeness (QED) is 0.0195.